The molecule has 1 aromatic carbocycles. The molecule has 9 nitrogen and oxygen atoms in total. The van der Waals surface area contributed by atoms with Crippen molar-refractivity contribution in [1.29, 1.82) is 0 Å². The molecule has 1 unspecified atom stereocenters. The summed E-state index contributed by atoms with van der Waals surface area (Å²) in [4.78, 5) is 57.9. The maximum atomic E-state index is 13.1. The van der Waals surface area contributed by atoms with Crippen LogP contribution in [0.1, 0.15) is 52.4 Å². The molecular formula is C27H38N4O5. The highest BCUT2D eigenvalue weighted by molar-refractivity contribution is 5.81. The number of carbonyl (C=O) groups is 2. The number of benzene rings is 1. The van der Waals surface area contributed by atoms with Gasteiger partial charge in [0, 0.05) is 44.6 Å². The molecule has 1 saturated heterocycles. The third-order valence-electron chi connectivity index (χ3n) is 7.87. The van der Waals surface area contributed by atoms with Crippen LogP contribution < -0.4 is 16.0 Å². The first-order valence-electron chi connectivity index (χ1n) is 13.2. The van der Waals surface area contributed by atoms with Crippen molar-refractivity contribution in [3.05, 3.63) is 39.0 Å². The summed E-state index contributed by atoms with van der Waals surface area (Å²) in [5.74, 6) is 1.12. The number of piperazine rings is 1. The molecule has 1 aliphatic carbocycles. The molecule has 2 heterocycles. The Morgan fingerprint density at radius 1 is 1.06 bits per heavy atom. The van der Waals surface area contributed by atoms with Crippen molar-refractivity contribution in [3.8, 4) is 5.75 Å². The van der Waals surface area contributed by atoms with E-state index < -0.39 is 5.69 Å². The number of hydrogen-bond acceptors (Lipinski definition) is 5. The molecule has 1 aromatic heterocycles. The third kappa shape index (κ3) is 5.50. The van der Waals surface area contributed by atoms with Crippen LogP contribution in [-0.4, -0.2) is 64.5 Å². The summed E-state index contributed by atoms with van der Waals surface area (Å²) < 4.78 is 6.51. The van der Waals surface area contributed by atoms with Gasteiger partial charge in [-0.3, -0.25) is 19.0 Å². The summed E-state index contributed by atoms with van der Waals surface area (Å²) in [6.45, 7) is 6.81. The van der Waals surface area contributed by atoms with Crippen molar-refractivity contribution >= 4 is 22.7 Å². The first-order chi connectivity index (χ1) is 17.3. The molecule has 1 saturated carbocycles. The topological polar surface area (TPSA) is 105 Å². The summed E-state index contributed by atoms with van der Waals surface area (Å²) in [5, 5.41) is 0.430. The van der Waals surface area contributed by atoms with Gasteiger partial charge in [-0.1, -0.05) is 20.3 Å². The predicted molar refractivity (Wildman–Crippen MR) is 138 cm³/mol. The van der Waals surface area contributed by atoms with Gasteiger partial charge in [0.25, 0.3) is 5.56 Å². The maximum absolute atomic E-state index is 13.1. The fraction of sp³-hybridized carbons (Fsp3) is 0.630. The van der Waals surface area contributed by atoms with Gasteiger partial charge in [-0.15, -0.1) is 0 Å². The lowest BCUT2D eigenvalue weighted by Crippen LogP contribution is -2.53. The van der Waals surface area contributed by atoms with Crippen molar-refractivity contribution in [1.82, 2.24) is 19.4 Å². The number of nitrogens with zero attached hydrogens (tertiary/aromatic N) is 3. The van der Waals surface area contributed by atoms with E-state index in [1.807, 2.05) is 16.7 Å². The molecule has 0 spiro atoms. The Labute approximate surface area is 211 Å². The minimum atomic E-state index is -0.406. The van der Waals surface area contributed by atoms with Crippen LogP contribution in [0.15, 0.2) is 27.8 Å². The van der Waals surface area contributed by atoms with E-state index >= 15 is 0 Å². The van der Waals surface area contributed by atoms with E-state index in [4.69, 9.17) is 4.74 Å². The molecule has 0 bridgehead atoms. The Balaban J connectivity index is 1.32. The Morgan fingerprint density at radius 3 is 2.36 bits per heavy atom. The zero-order valence-corrected chi connectivity index (χ0v) is 21.6. The predicted octanol–water partition coefficient (Wildman–Crippen LogP) is 2.61. The smallest absolute Gasteiger partial charge is 0.328 e. The van der Waals surface area contributed by atoms with Gasteiger partial charge in [0.1, 0.15) is 5.75 Å². The number of rotatable bonds is 7. The van der Waals surface area contributed by atoms with Crippen LogP contribution >= 0.6 is 0 Å². The zero-order chi connectivity index (χ0) is 25.8. The van der Waals surface area contributed by atoms with Crippen molar-refractivity contribution < 1.29 is 14.3 Å². The number of fused-ring (bicyclic) bond motifs is 1. The fourth-order valence-electron chi connectivity index (χ4n) is 5.65. The Morgan fingerprint density at radius 2 is 1.72 bits per heavy atom. The Hall–Kier alpha value is -3.10. The average Bonchev–Trinajstić information content (AvgIpc) is 2.90. The monoisotopic (exact) mass is 498 g/mol. The lowest BCUT2D eigenvalue weighted by Gasteiger charge is -2.38. The van der Waals surface area contributed by atoms with Gasteiger partial charge >= 0.3 is 5.69 Å². The summed E-state index contributed by atoms with van der Waals surface area (Å²) in [5.41, 5.74) is -0.221. The number of aromatic amines is 1. The average molecular weight is 499 g/mol. The highest BCUT2D eigenvalue weighted by Gasteiger charge is 2.33. The second kappa shape index (κ2) is 11.3. The molecule has 2 aromatic rings. The second-order valence-corrected chi connectivity index (χ2v) is 10.3. The molecule has 9 heteroatoms. The molecule has 1 N–H and O–H groups in total. The molecule has 196 valence electrons. The van der Waals surface area contributed by atoms with Gasteiger partial charge < -0.3 is 19.5 Å². The lowest BCUT2D eigenvalue weighted by molar-refractivity contribution is -0.144. The van der Waals surface area contributed by atoms with Gasteiger partial charge in [-0.05, 0) is 56.2 Å². The van der Waals surface area contributed by atoms with Gasteiger partial charge in [0.05, 0.1) is 18.0 Å². The van der Waals surface area contributed by atoms with Gasteiger partial charge in [0.15, 0.2) is 0 Å². The fourth-order valence-corrected chi connectivity index (χ4v) is 5.65. The van der Waals surface area contributed by atoms with Gasteiger partial charge in [0.2, 0.25) is 11.8 Å². The van der Waals surface area contributed by atoms with E-state index in [1.54, 1.807) is 25.3 Å². The van der Waals surface area contributed by atoms with Crippen molar-refractivity contribution in [2.24, 2.45) is 17.8 Å². The number of amides is 2. The molecule has 2 aliphatic rings. The summed E-state index contributed by atoms with van der Waals surface area (Å²) in [6.07, 6.45) is 4.99. The minimum Gasteiger partial charge on any atom is -0.497 e. The van der Waals surface area contributed by atoms with Crippen molar-refractivity contribution in [2.75, 3.05) is 33.3 Å². The number of nitrogens with one attached hydrogen (secondary N) is 1. The molecule has 2 fully saturated rings. The van der Waals surface area contributed by atoms with Gasteiger partial charge in [-0.25, -0.2) is 4.79 Å². The number of carbonyl (C=O) groups excluding carboxylic acids is 2. The molecule has 1 aliphatic heterocycles. The number of methoxy groups -OCH3 is 1. The Kier molecular flexibility index (Phi) is 8.16. The maximum Gasteiger partial charge on any atom is 0.328 e. The Bertz CT molecular complexity index is 1200. The normalized spacial score (nSPS) is 21.4. The molecule has 2 amide bonds. The SMILES string of the molecule is CCCC(C)C(=O)N1CCN(C(=O)C2CCC(Cn3c(=O)[nH]c4ccc(OC)cc4c3=O)CC2)CC1. The zero-order valence-electron chi connectivity index (χ0n) is 21.6. The minimum absolute atomic E-state index is 0.0293. The van der Waals surface area contributed by atoms with Crippen molar-refractivity contribution in [3.63, 3.8) is 0 Å². The number of H-pyrrole nitrogens is 1. The van der Waals surface area contributed by atoms with E-state index in [-0.39, 0.29) is 35.1 Å². The highest BCUT2D eigenvalue weighted by Crippen LogP contribution is 2.31. The quantitative estimate of drug-likeness (QED) is 0.632. The van der Waals surface area contributed by atoms with Crippen LogP contribution in [0.4, 0.5) is 0 Å². The second-order valence-electron chi connectivity index (χ2n) is 10.3. The number of aromatic nitrogens is 2. The van der Waals surface area contributed by atoms with Gasteiger partial charge in [-0.2, -0.15) is 0 Å². The van der Waals surface area contributed by atoms with Crippen molar-refractivity contribution in [2.45, 2.75) is 58.9 Å². The van der Waals surface area contributed by atoms with E-state index in [2.05, 4.69) is 11.9 Å². The van der Waals surface area contributed by atoms with E-state index in [0.29, 0.717) is 49.4 Å². The van der Waals surface area contributed by atoms with Crippen LogP contribution in [-0.2, 0) is 16.1 Å². The molecule has 1 atom stereocenters. The van der Waals surface area contributed by atoms with Crippen LogP contribution in [0.25, 0.3) is 10.9 Å². The van der Waals surface area contributed by atoms with Crippen LogP contribution in [0.3, 0.4) is 0 Å². The number of hydrogen-bond donors (Lipinski definition) is 1. The van der Waals surface area contributed by atoms with E-state index in [0.717, 1.165) is 38.5 Å². The molecule has 36 heavy (non-hydrogen) atoms. The third-order valence-corrected chi connectivity index (χ3v) is 7.87. The van der Waals surface area contributed by atoms with E-state index in [9.17, 15) is 19.2 Å². The summed E-state index contributed by atoms with van der Waals surface area (Å²) in [7, 11) is 1.54. The first-order valence-corrected chi connectivity index (χ1v) is 13.2. The van der Waals surface area contributed by atoms with Crippen LogP contribution in [0, 0.1) is 17.8 Å². The highest BCUT2D eigenvalue weighted by atomic mass is 16.5. The standard InChI is InChI=1S/C27H38N4O5/c1-4-5-18(2)24(32)29-12-14-30(15-13-29)25(33)20-8-6-19(7-9-20)17-31-26(34)22-16-21(36-3)10-11-23(22)28-27(31)35/h10-11,16,18-20H,4-9,12-15,17H2,1-3H3,(H,28,35). The summed E-state index contributed by atoms with van der Waals surface area (Å²) in [6, 6.07) is 5.04. The summed E-state index contributed by atoms with van der Waals surface area (Å²) >= 11 is 0. The molecule has 0 radical (unpaired) electrons. The first kappa shape index (κ1) is 26.0. The van der Waals surface area contributed by atoms with Crippen LogP contribution in [0.2, 0.25) is 0 Å². The largest absolute Gasteiger partial charge is 0.497 e. The molecule has 4 rings (SSSR count). The molecular weight excluding hydrogens is 460 g/mol. The van der Waals surface area contributed by atoms with Crippen LogP contribution in [0.5, 0.6) is 5.75 Å². The lowest BCUT2D eigenvalue weighted by atomic mass is 9.81. The van der Waals surface area contributed by atoms with E-state index in [1.165, 1.54) is 4.57 Å². The number of ether oxygens (including phenoxy) is 1.